The maximum Gasteiger partial charge on any atom is 0.264 e. The molecule has 0 spiro atoms. The first-order chi connectivity index (χ1) is 25.0. The summed E-state index contributed by atoms with van der Waals surface area (Å²) in [4.78, 5) is 47.0. The first kappa shape index (κ1) is 38.0. The summed E-state index contributed by atoms with van der Waals surface area (Å²) in [6.45, 7) is 8.61. The van der Waals surface area contributed by atoms with Crippen LogP contribution in [0.15, 0.2) is 114 Å². The average Bonchev–Trinajstić information content (AvgIpc) is 3.62. The third-order valence-electron chi connectivity index (χ3n) is 9.61. The molecule has 9 heteroatoms. The minimum atomic E-state index is -1.94. The molecule has 272 valence electrons. The van der Waals surface area contributed by atoms with Gasteiger partial charge in [-0.2, -0.15) is 0 Å². The number of aliphatic hydroxyl groups is 2. The van der Waals surface area contributed by atoms with Crippen molar-refractivity contribution in [3.05, 3.63) is 131 Å². The number of H-pyrrole nitrogens is 1. The maximum absolute atomic E-state index is 14.2. The first-order valence-corrected chi connectivity index (χ1v) is 17.9. The summed E-state index contributed by atoms with van der Waals surface area (Å²) in [5.74, 6) is -1.58. The smallest absolute Gasteiger partial charge is 0.264 e. The Morgan fingerprint density at radius 1 is 1.02 bits per heavy atom. The summed E-state index contributed by atoms with van der Waals surface area (Å²) in [5, 5.41) is 25.9. The number of benzene rings is 3. The van der Waals surface area contributed by atoms with E-state index < -0.39 is 17.4 Å². The normalized spacial score (nSPS) is 16.3. The predicted octanol–water partition coefficient (Wildman–Crippen LogP) is 7.18. The highest BCUT2D eigenvalue weighted by atomic mass is 16.3. The monoisotopic (exact) mass is 702 g/mol. The number of amides is 3. The Hall–Kier alpha value is -5.25. The fourth-order valence-electron chi connectivity index (χ4n) is 6.66. The molecule has 9 nitrogen and oxygen atoms in total. The van der Waals surface area contributed by atoms with Gasteiger partial charge in [-0.05, 0) is 69.0 Å². The number of allylic oxidation sites excluding steroid dienone is 3. The maximum atomic E-state index is 14.2. The molecule has 0 bridgehead atoms. The molecule has 0 fully saturated rings. The molecule has 2 atom stereocenters. The number of carbonyl (C=O) groups is 3. The Labute approximate surface area is 306 Å². The van der Waals surface area contributed by atoms with E-state index in [0.29, 0.717) is 23.5 Å². The van der Waals surface area contributed by atoms with E-state index in [-0.39, 0.29) is 44.4 Å². The van der Waals surface area contributed by atoms with Gasteiger partial charge in [0.1, 0.15) is 0 Å². The number of carbonyl (C=O) groups excluding carboxylic acids is 3. The third kappa shape index (κ3) is 8.96. The van der Waals surface area contributed by atoms with E-state index in [0.717, 1.165) is 40.4 Å². The number of nitrogens with one attached hydrogen (secondary N) is 2. The Kier molecular flexibility index (Phi) is 12.6. The molecule has 0 radical (unpaired) electrons. The molecule has 5 rings (SSSR count). The molecule has 0 saturated carbocycles. The molecule has 4 N–H and O–H groups in total. The van der Waals surface area contributed by atoms with E-state index in [1.807, 2.05) is 73.8 Å². The molecular weight excluding hydrogens is 652 g/mol. The van der Waals surface area contributed by atoms with E-state index in [1.54, 1.807) is 47.1 Å². The quantitative estimate of drug-likeness (QED) is 0.0921. The van der Waals surface area contributed by atoms with Crippen molar-refractivity contribution in [3.63, 3.8) is 0 Å². The van der Waals surface area contributed by atoms with Crippen LogP contribution < -0.4 is 10.2 Å². The molecule has 3 amide bonds. The number of hydrogen-bond acceptors (Lipinski definition) is 5. The van der Waals surface area contributed by atoms with Crippen LogP contribution in [-0.4, -0.2) is 57.5 Å². The molecule has 0 unspecified atom stereocenters. The second-order valence-electron chi connectivity index (χ2n) is 13.8. The highest BCUT2D eigenvalue weighted by Gasteiger charge is 2.52. The van der Waals surface area contributed by atoms with Crippen LogP contribution in [0.4, 0.5) is 11.4 Å². The van der Waals surface area contributed by atoms with Crippen LogP contribution in [0.1, 0.15) is 63.6 Å². The van der Waals surface area contributed by atoms with Crippen molar-refractivity contribution in [2.75, 3.05) is 29.9 Å². The fraction of sp³-hybridized carbons (Fsp3) is 0.326. The van der Waals surface area contributed by atoms with Crippen molar-refractivity contribution in [3.8, 4) is 0 Å². The molecule has 1 aromatic heterocycles. The van der Waals surface area contributed by atoms with Crippen molar-refractivity contribution in [2.45, 2.75) is 65.5 Å². The van der Waals surface area contributed by atoms with Crippen LogP contribution in [0.5, 0.6) is 0 Å². The van der Waals surface area contributed by atoms with Gasteiger partial charge in [-0.3, -0.25) is 14.4 Å². The second-order valence-corrected chi connectivity index (χ2v) is 13.8. The molecule has 1 aliphatic heterocycles. The summed E-state index contributed by atoms with van der Waals surface area (Å²) in [5.41, 5.74) is 4.67. The van der Waals surface area contributed by atoms with Crippen LogP contribution in [0.2, 0.25) is 0 Å². The van der Waals surface area contributed by atoms with Gasteiger partial charge in [0.15, 0.2) is 5.60 Å². The standard InChI is InChI=1S/C43H50N4O5/c1-30(2)12-10-13-31(3)22-23-47-39-21-20-35(45-40(49)26-34-28-44-38-18-9-8-17-36(34)38)27-37(39)43(52,42(47)51)32(4)14-11-19-41(50)46(24-25-48)29-33-15-6-5-7-16-33/h5-9,11-12,14-18,20-22,27-28,32,44,48,52H,10,13,19,23-26,29H2,1-4H3,(H,45,49)/b14-11+,31-22+/t32-,43+/m1/s1. The summed E-state index contributed by atoms with van der Waals surface area (Å²) in [6, 6.07) is 22.6. The molecule has 4 aromatic rings. The van der Waals surface area contributed by atoms with Gasteiger partial charge >= 0.3 is 0 Å². The van der Waals surface area contributed by atoms with Crippen molar-refractivity contribution < 1.29 is 24.6 Å². The van der Waals surface area contributed by atoms with Crippen LogP contribution >= 0.6 is 0 Å². The number of hydrogen-bond donors (Lipinski definition) is 4. The zero-order valence-corrected chi connectivity index (χ0v) is 30.6. The van der Waals surface area contributed by atoms with Gasteiger partial charge in [-0.25, -0.2) is 0 Å². The van der Waals surface area contributed by atoms with Gasteiger partial charge in [0.05, 0.1) is 18.7 Å². The lowest BCUT2D eigenvalue weighted by atomic mass is 9.82. The van der Waals surface area contributed by atoms with Crippen LogP contribution in [0, 0.1) is 5.92 Å². The average molecular weight is 703 g/mol. The van der Waals surface area contributed by atoms with Crippen molar-refractivity contribution in [1.82, 2.24) is 9.88 Å². The Morgan fingerprint density at radius 3 is 2.52 bits per heavy atom. The van der Waals surface area contributed by atoms with Gasteiger partial charge in [0, 0.05) is 60.3 Å². The Bertz CT molecular complexity index is 1970. The number of fused-ring (bicyclic) bond motifs is 2. The lowest BCUT2D eigenvalue weighted by Gasteiger charge is -2.28. The Morgan fingerprint density at radius 2 is 1.77 bits per heavy atom. The number of aromatic nitrogens is 1. The Balaban J connectivity index is 1.37. The number of para-hydroxylation sites is 1. The summed E-state index contributed by atoms with van der Waals surface area (Å²) in [7, 11) is 0. The molecular formula is C43H50N4O5. The van der Waals surface area contributed by atoms with E-state index in [1.165, 1.54) is 5.57 Å². The van der Waals surface area contributed by atoms with Crippen LogP contribution in [-0.2, 0) is 33.0 Å². The summed E-state index contributed by atoms with van der Waals surface area (Å²) < 4.78 is 0. The molecule has 0 aliphatic carbocycles. The fourth-order valence-corrected chi connectivity index (χ4v) is 6.66. The highest BCUT2D eigenvalue weighted by molar-refractivity contribution is 6.08. The number of anilines is 2. The van der Waals surface area contributed by atoms with Crippen molar-refractivity contribution >= 4 is 40.0 Å². The number of aromatic amines is 1. The van der Waals surface area contributed by atoms with E-state index in [9.17, 15) is 24.6 Å². The highest BCUT2D eigenvalue weighted by Crippen LogP contribution is 2.46. The number of rotatable bonds is 16. The number of nitrogens with zero attached hydrogens (tertiary/aromatic N) is 2. The molecule has 3 aromatic carbocycles. The van der Waals surface area contributed by atoms with E-state index >= 15 is 0 Å². The zero-order valence-electron chi connectivity index (χ0n) is 30.6. The van der Waals surface area contributed by atoms with E-state index in [4.69, 9.17) is 0 Å². The lowest BCUT2D eigenvalue weighted by Crippen LogP contribution is -2.44. The van der Waals surface area contributed by atoms with Gasteiger partial charge in [0.2, 0.25) is 11.8 Å². The summed E-state index contributed by atoms with van der Waals surface area (Å²) >= 11 is 0. The minimum Gasteiger partial charge on any atom is -0.395 e. The van der Waals surface area contributed by atoms with Crippen LogP contribution in [0.3, 0.4) is 0 Å². The molecule has 0 saturated heterocycles. The lowest BCUT2D eigenvalue weighted by molar-refractivity contribution is -0.139. The third-order valence-corrected chi connectivity index (χ3v) is 9.61. The van der Waals surface area contributed by atoms with Crippen molar-refractivity contribution in [1.29, 1.82) is 0 Å². The van der Waals surface area contributed by atoms with Crippen LogP contribution in [0.25, 0.3) is 10.9 Å². The molecule has 52 heavy (non-hydrogen) atoms. The van der Waals surface area contributed by atoms with Crippen molar-refractivity contribution in [2.24, 2.45) is 5.92 Å². The number of aliphatic hydroxyl groups excluding tert-OH is 1. The summed E-state index contributed by atoms with van der Waals surface area (Å²) in [6.07, 6.45) is 11.4. The molecule has 2 heterocycles. The second kappa shape index (κ2) is 17.3. The van der Waals surface area contributed by atoms with Gasteiger partial charge in [-0.15, -0.1) is 0 Å². The SMILES string of the molecule is CC(C)=CCC/C(C)=C/CN1C(=O)[C@](O)([C@H](C)/C=C/CC(=O)N(CCO)Cc2ccccc2)c2cc(NC(=O)Cc3c[nH]c4ccccc34)ccc21. The van der Waals surface area contributed by atoms with Gasteiger partial charge < -0.3 is 30.3 Å². The molecule has 1 aliphatic rings. The topological polar surface area (TPSA) is 126 Å². The minimum absolute atomic E-state index is 0.0373. The van der Waals surface area contributed by atoms with Gasteiger partial charge in [-0.1, -0.05) is 90.9 Å². The van der Waals surface area contributed by atoms with Gasteiger partial charge in [0.25, 0.3) is 5.91 Å². The first-order valence-electron chi connectivity index (χ1n) is 17.9. The largest absolute Gasteiger partial charge is 0.395 e. The van der Waals surface area contributed by atoms with E-state index in [2.05, 4.69) is 30.2 Å². The predicted molar refractivity (Wildman–Crippen MR) is 208 cm³/mol. The zero-order chi connectivity index (χ0) is 37.3.